The molecule has 0 saturated heterocycles. The highest BCUT2D eigenvalue weighted by Gasteiger charge is 2.06. The van der Waals surface area contributed by atoms with Crippen molar-refractivity contribution < 1.29 is 18.3 Å². The highest BCUT2D eigenvalue weighted by atomic mass is 19.1. The van der Waals surface area contributed by atoms with Gasteiger partial charge in [-0.15, -0.1) is 0 Å². The zero-order chi connectivity index (χ0) is 15.2. The minimum absolute atomic E-state index is 0.307. The van der Waals surface area contributed by atoms with Crippen LogP contribution in [0.25, 0.3) is 0 Å². The van der Waals surface area contributed by atoms with E-state index < -0.39 is 11.6 Å². The molecule has 0 aliphatic heterocycles. The smallest absolute Gasteiger partial charge is 0.130 e. The van der Waals surface area contributed by atoms with Gasteiger partial charge in [-0.05, 0) is 12.1 Å². The van der Waals surface area contributed by atoms with Crippen LogP contribution in [0, 0.1) is 11.6 Å². The van der Waals surface area contributed by atoms with Crippen LogP contribution < -0.4 is 14.8 Å². The van der Waals surface area contributed by atoms with Crippen LogP contribution in [0.15, 0.2) is 36.4 Å². The molecule has 21 heavy (non-hydrogen) atoms. The minimum Gasteiger partial charge on any atom is -0.497 e. The molecule has 3 nitrogen and oxygen atoms in total. The van der Waals surface area contributed by atoms with E-state index in [1.54, 1.807) is 20.3 Å². The van der Waals surface area contributed by atoms with E-state index in [1.807, 2.05) is 12.1 Å². The van der Waals surface area contributed by atoms with Crippen LogP contribution in [-0.2, 0) is 13.1 Å². The number of nitrogens with one attached hydrogen (secondary N) is 1. The van der Waals surface area contributed by atoms with Crippen LogP contribution in [0.2, 0.25) is 0 Å². The zero-order valence-corrected chi connectivity index (χ0v) is 12.0. The molecule has 2 aromatic carbocycles. The Hall–Kier alpha value is -2.14. The van der Waals surface area contributed by atoms with Crippen LogP contribution in [-0.4, -0.2) is 14.2 Å². The summed E-state index contributed by atoms with van der Waals surface area (Å²) in [6.07, 6.45) is 0. The Kier molecular flexibility index (Phi) is 5.11. The van der Waals surface area contributed by atoms with Crippen molar-refractivity contribution in [2.75, 3.05) is 14.2 Å². The van der Waals surface area contributed by atoms with E-state index in [9.17, 15) is 8.78 Å². The molecule has 0 aliphatic rings. The molecule has 0 aromatic heterocycles. The van der Waals surface area contributed by atoms with Gasteiger partial charge in [-0.25, -0.2) is 8.78 Å². The van der Waals surface area contributed by atoms with Gasteiger partial charge in [-0.1, -0.05) is 12.1 Å². The fourth-order valence-electron chi connectivity index (χ4n) is 1.99. The largest absolute Gasteiger partial charge is 0.497 e. The van der Waals surface area contributed by atoms with Gasteiger partial charge in [0.15, 0.2) is 0 Å². The van der Waals surface area contributed by atoms with E-state index in [1.165, 1.54) is 12.1 Å². The molecule has 0 radical (unpaired) electrons. The molecule has 0 saturated carbocycles. The van der Waals surface area contributed by atoms with Gasteiger partial charge in [-0.3, -0.25) is 0 Å². The molecule has 0 unspecified atom stereocenters. The van der Waals surface area contributed by atoms with Gasteiger partial charge in [-0.2, -0.15) is 0 Å². The number of hydrogen-bond acceptors (Lipinski definition) is 3. The number of halogens is 2. The average molecular weight is 293 g/mol. The molecular formula is C16H17F2NO2. The molecule has 2 rings (SSSR count). The minimum atomic E-state index is -0.576. The maximum absolute atomic E-state index is 13.5. The quantitative estimate of drug-likeness (QED) is 0.886. The van der Waals surface area contributed by atoms with Crippen molar-refractivity contribution in [1.29, 1.82) is 0 Å². The van der Waals surface area contributed by atoms with E-state index in [0.717, 1.165) is 11.6 Å². The summed E-state index contributed by atoms with van der Waals surface area (Å²) in [5.41, 5.74) is 1.35. The second-order valence-electron chi connectivity index (χ2n) is 4.52. The van der Waals surface area contributed by atoms with Crippen molar-refractivity contribution in [3.05, 3.63) is 59.2 Å². The fourth-order valence-corrected chi connectivity index (χ4v) is 1.99. The maximum Gasteiger partial charge on any atom is 0.130 e. The molecule has 0 fully saturated rings. The third kappa shape index (κ3) is 3.92. The molecule has 5 heteroatoms. The zero-order valence-electron chi connectivity index (χ0n) is 12.0. The summed E-state index contributed by atoms with van der Waals surface area (Å²) >= 11 is 0. The summed E-state index contributed by atoms with van der Waals surface area (Å²) in [6, 6.07) is 9.06. The number of methoxy groups -OCH3 is 2. The van der Waals surface area contributed by atoms with Crippen molar-refractivity contribution in [2.24, 2.45) is 0 Å². The van der Waals surface area contributed by atoms with E-state index in [2.05, 4.69) is 5.32 Å². The summed E-state index contributed by atoms with van der Waals surface area (Å²) in [5.74, 6) is 0.277. The predicted octanol–water partition coefficient (Wildman–Crippen LogP) is 3.27. The van der Waals surface area contributed by atoms with Crippen molar-refractivity contribution >= 4 is 0 Å². The first-order valence-corrected chi connectivity index (χ1v) is 6.49. The molecule has 1 N–H and O–H groups in total. The Morgan fingerprint density at radius 1 is 0.905 bits per heavy atom. The number of ether oxygens (including phenoxy) is 2. The van der Waals surface area contributed by atoms with Crippen LogP contribution in [0.4, 0.5) is 8.78 Å². The van der Waals surface area contributed by atoms with Gasteiger partial charge in [0.1, 0.15) is 23.1 Å². The second-order valence-corrected chi connectivity index (χ2v) is 4.52. The predicted molar refractivity (Wildman–Crippen MR) is 76.4 cm³/mol. The van der Waals surface area contributed by atoms with Crippen molar-refractivity contribution in [1.82, 2.24) is 5.32 Å². The molecule has 0 heterocycles. The number of hydrogen-bond donors (Lipinski definition) is 1. The highest BCUT2D eigenvalue weighted by molar-refractivity contribution is 5.40. The number of rotatable bonds is 6. The first-order chi connectivity index (χ1) is 10.1. The summed E-state index contributed by atoms with van der Waals surface area (Å²) in [6.45, 7) is 0.811. The van der Waals surface area contributed by atoms with E-state index >= 15 is 0 Å². The normalized spacial score (nSPS) is 10.5. The molecule has 0 spiro atoms. The van der Waals surface area contributed by atoms with Crippen molar-refractivity contribution in [2.45, 2.75) is 13.1 Å². The Morgan fingerprint density at radius 2 is 1.62 bits per heavy atom. The molecule has 112 valence electrons. The molecular weight excluding hydrogens is 276 g/mol. The lowest BCUT2D eigenvalue weighted by Crippen LogP contribution is -2.14. The summed E-state index contributed by atoms with van der Waals surface area (Å²) in [5, 5.41) is 3.11. The van der Waals surface area contributed by atoms with E-state index in [-0.39, 0.29) is 0 Å². The first-order valence-electron chi connectivity index (χ1n) is 6.49. The average Bonchev–Trinajstić information content (AvgIpc) is 2.49. The first kappa shape index (κ1) is 15.3. The Balaban J connectivity index is 2.00. The van der Waals surface area contributed by atoms with Gasteiger partial charge in [0, 0.05) is 36.3 Å². The maximum atomic E-state index is 13.5. The summed E-state index contributed by atoms with van der Waals surface area (Å²) < 4.78 is 36.7. The monoisotopic (exact) mass is 293 g/mol. The van der Waals surface area contributed by atoms with Crippen LogP contribution in [0.5, 0.6) is 11.5 Å². The molecule has 0 aliphatic carbocycles. The van der Waals surface area contributed by atoms with Crippen molar-refractivity contribution in [3.63, 3.8) is 0 Å². The van der Waals surface area contributed by atoms with Gasteiger partial charge in [0.2, 0.25) is 0 Å². The third-order valence-corrected chi connectivity index (χ3v) is 3.14. The van der Waals surface area contributed by atoms with Crippen LogP contribution in [0.1, 0.15) is 11.1 Å². The Morgan fingerprint density at radius 3 is 2.29 bits per heavy atom. The molecule has 0 atom stereocenters. The lowest BCUT2D eigenvalue weighted by Gasteiger charge is -2.11. The van der Waals surface area contributed by atoms with Gasteiger partial charge in [0.25, 0.3) is 0 Å². The van der Waals surface area contributed by atoms with E-state index in [4.69, 9.17) is 9.47 Å². The van der Waals surface area contributed by atoms with Gasteiger partial charge < -0.3 is 14.8 Å². The van der Waals surface area contributed by atoms with E-state index in [0.29, 0.717) is 30.2 Å². The third-order valence-electron chi connectivity index (χ3n) is 3.14. The Bertz CT molecular complexity index is 617. The molecule has 2 aromatic rings. The van der Waals surface area contributed by atoms with Crippen molar-refractivity contribution in [3.8, 4) is 11.5 Å². The van der Waals surface area contributed by atoms with Gasteiger partial charge >= 0.3 is 0 Å². The van der Waals surface area contributed by atoms with Crippen LogP contribution >= 0.6 is 0 Å². The highest BCUT2D eigenvalue weighted by Crippen LogP contribution is 2.24. The topological polar surface area (TPSA) is 30.5 Å². The molecule has 0 bridgehead atoms. The summed E-state index contributed by atoms with van der Waals surface area (Å²) in [7, 11) is 3.17. The standard InChI is InChI=1S/C16H17F2NO2/c1-20-14-6-4-12(16(8-14)21-2)10-19-9-11-3-5-13(17)7-15(11)18/h3-8,19H,9-10H2,1-2H3. The fraction of sp³-hybridized carbons (Fsp3) is 0.250. The van der Waals surface area contributed by atoms with Crippen LogP contribution in [0.3, 0.4) is 0 Å². The lowest BCUT2D eigenvalue weighted by atomic mass is 10.1. The molecule has 0 amide bonds. The SMILES string of the molecule is COc1ccc(CNCc2ccc(F)cc2F)c(OC)c1. The number of benzene rings is 2. The summed E-state index contributed by atoms with van der Waals surface area (Å²) in [4.78, 5) is 0. The lowest BCUT2D eigenvalue weighted by molar-refractivity contribution is 0.389. The van der Waals surface area contributed by atoms with Gasteiger partial charge in [0.05, 0.1) is 14.2 Å². The second kappa shape index (κ2) is 7.04. The Labute approximate surface area is 122 Å².